The second-order valence-corrected chi connectivity index (χ2v) is 6.59. The SMILES string of the molecule is CCNC(=O)c1ccc(CNC(=NC)NC2CCN(C(=O)OCC)CC2)cc1. The number of likely N-dealkylation sites (tertiary alicyclic amines) is 1. The summed E-state index contributed by atoms with van der Waals surface area (Å²) in [6, 6.07) is 7.77. The number of guanidine groups is 1. The Bertz CT molecular complexity index is 667. The van der Waals surface area contributed by atoms with Crippen LogP contribution in [0.4, 0.5) is 4.79 Å². The third-order valence-corrected chi connectivity index (χ3v) is 4.60. The van der Waals surface area contributed by atoms with E-state index in [-0.39, 0.29) is 18.0 Å². The minimum atomic E-state index is -0.237. The van der Waals surface area contributed by atoms with Crippen LogP contribution >= 0.6 is 0 Å². The number of amides is 2. The first-order valence-corrected chi connectivity index (χ1v) is 9.83. The van der Waals surface area contributed by atoms with Crippen molar-refractivity contribution in [2.75, 3.05) is 33.3 Å². The molecule has 1 aromatic carbocycles. The highest BCUT2D eigenvalue weighted by atomic mass is 16.6. The van der Waals surface area contributed by atoms with Gasteiger partial charge in [-0.15, -0.1) is 0 Å². The summed E-state index contributed by atoms with van der Waals surface area (Å²) < 4.78 is 5.05. The summed E-state index contributed by atoms with van der Waals surface area (Å²) in [6.07, 6.45) is 1.46. The van der Waals surface area contributed by atoms with E-state index in [1.54, 1.807) is 11.9 Å². The van der Waals surface area contributed by atoms with Gasteiger partial charge in [0, 0.05) is 44.8 Å². The number of aliphatic imine (C=N–C) groups is 1. The van der Waals surface area contributed by atoms with Gasteiger partial charge in [-0.1, -0.05) is 12.1 Å². The summed E-state index contributed by atoms with van der Waals surface area (Å²) in [5.41, 5.74) is 1.72. The van der Waals surface area contributed by atoms with Crippen LogP contribution < -0.4 is 16.0 Å². The minimum Gasteiger partial charge on any atom is -0.450 e. The van der Waals surface area contributed by atoms with E-state index in [1.807, 2.05) is 38.1 Å². The highest BCUT2D eigenvalue weighted by Gasteiger charge is 2.24. The molecule has 0 aliphatic carbocycles. The Labute approximate surface area is 166 Å². The van der Waals surface area contributed by atoms with Crippen LogP contribution in [-0.2, 0) is 11.3 Å². The molecule has 2 rings (SSSR count). The van der Waals surface area contributed by atoms with Crippen molar-refractivity contribution in [2.45, 2.75) is 39.3 Å². The van der Waals surface area contributed by atoms with Gasteiger partial charge in [0.15, 0.2) is 5.96 Å². The van der Waals surface area contributed by atoms with Crippen LogP contribution in [0.15, 0.2) is 29.3 Å². The monoisotopic (exact) mass is 389 g/mol. The van der Waals surface area contributed by atoms with E-state index in [0.717, 1.165) is 24.4 Å². The van der Waals surface area contributed by atoms with Crippen molar-refractivity contribution in [2.24, 2.45) is 4.99 Å². The topological polar surface area (TPSA) is 95.1 Å². The molecule has 3 N–H and O–H groups in total. The average molecular weight is 390 g/mol. The van der Waals surface area contributed by atoms with Gasteiger partial charge < -0.3 is 25.6 Å². The van der Waals surface area contributed by atoms with Gasteiger partial charge in [-0.3, -0.25) is 9.79 Å². The molecule has 0 unspecified atom stereocenters. The molecular weight excluding hydrogens is 358 g/mol. The lowest BCUT2D eigenvalue weighted by atomic mass is 10.1. The van der Waals surface area contributed by atoms with Crippen molar-refractivity contribution in [3.63, 3.8) is 0 Å². The number of nitrogens with one attached hydrogen (secondary N) is 3. The number of hydrogen-bond acceptors (Lipinski definition) is 4. The number of carbonyl (C=O) groups excluding carboxylic acids is 2. The summed E-state index contributed by atoms with van der Waals surface area (Å²) in [5, 5.41) is 9.49. The summed E-state index contributed by atoms with van der Waals surface area (Å²) in [6.45, 7) is 6.69. The van der Waals surface area contributed by atoms with Gasteiger partial charge in [0.1, 0.15) is 0 Å². The maximum absolute atomic E-state index is 11.8. The van der Waals surface area contributed by atoms with Crippen molar-refractivity contribution in [3.05, 3.63) is 35.4 Å². The number of hydrogen-bond donors (Lipinski definition) is 3. The predicted octanol–water partition coefficient (Wildman–Crippen LogP) is 1.72. The standard InChI is InChI=1S/C20H31N5O3/c1-4-22-18(26)16-8-6-15(7-9-16)14-23-19(21-3)24-17-10-12-25(13-11-17)20(27)28-5-2/h6-9,17H,4-5,10-14H2,1-3H3,(H,22,26)(H2,21,23,24). The molecule has 1 saturated heterocycles. The van der Waals surface area contributed by atoms with Crippen LogP contribution in [-0.4, -0.2) is 62.2 Å². The highest BCUT2D eigenvalue weighted by Crippen LogP contribution is 2.11. The van der Waals surface area contributed by atoms with E-state index in [0.29, 0.717) is 38.3 Å². The zero-order chi connectivity index (χ0) is 20.4. The molecule has 1 fully saturated rings. The third kappa shape index (κ3) is 6.44. The first kappa shape index (κ1) is 21.5. The Balaban J connectivity index is 1.77. The molecular formula is C20H31N5O3. The molecule has 0 radical (unpaired) electrons. The Hall–Kier alpha value is -2.77. The molecule has 0 atom stereocenters. The van der Waals surface area contributed by atoms with E-state index < -0.39 is 0 Å². The first-order valence-electron chi connectivity index (χ1n) is 9.83. The van der Waals surface area contributed by atoms with E-state index in [4.69, 9.17) is 4.74 Å². The smallest absolute Gasteiger partial charge is 0.409 e. The van der Waals surface area contributed by atoms with Crippen LogP contribution in [0, 0.1) is 0 Å². The van der Waals surface area contributed by atoms with Crippen molar-refractivity contribution >= 4 is 18.0 Å². The lowest BCUT2D eigenvalue weighted by molar-refractivity contribution is 0.0950. The molecule has 0 spiro atoms. The molecule has 2 amide bonds. The average Bonchev–Trinajstić information content (AvgIpc) is 2.72. The molecule has 28 heavy (non-hydrogen) atoms. The van der Waals surface area contributed by atoms with Crippen LogP contribution in [0.1, 0.15) is 42.6 Å². The van der Waals surface area contributed by atoms with E-state index in [2.05, 4.69) is 20.9 Å². The van der Waals surface area contributed by atoms with Gasteiger partial charge in [0.05, 0.1) is 6.61 Å². The molecule has 1 aromatic rings. The lowest BCUT2D eigenvalue weighted by Gasteiger charge is -2.32. The van der Waals surface area contributed by atoms with Gasteiger partial charge in [0.25, 0.3) is 5.91 Å². The fourth-order valence-electron chi connectivity index (χ4n) is 3.03. The van der Waals surface area contributed by atoms with E-state index >= 15 is 0 Å². The maximum atomic E-state index is 11.8. The molecule has 8 heteroatoms. The zero-order valence-electron chi connectivity index (χ0n) is 17.0. The van der Waals surface area contributed by atoms with Crippen LogP contribution in [0.2, 0.25) is 0 Å². The van der Waals surface area contributed by atoms with Crippen molar-refractivity contribution < 1.29 is 14.3 Å². The molecule has 8 nitrogen and oxygen atoms in total. The maximum Gasteiger partial charge on any atom is 0.409 e. The largest absolute Gasteiger partial charge is 0.450 e. The molecule has 1 heterocycles. The van der Waals surface area contributed by atoms with Crippen molar-refractivity contribution in [1.29, 1.82) is 0 Å². The van der Waals surface area contributed by atoms with Gasteiger partial charge >= 0.3 is 6.09 Å². The summed E-state index contributed by atoms with van der Waals surface area (Å²) >= 11 is 0. The zero-order valence-corrected chi connectivity index (χ0v) is 17.0. The van der Waals surface area contributed by atoms with Gasteiger partial charge in [-0.05, 0) is 44.4 Å². The number of piperidine rings is 1. The molecule has 1 aliphatic rings. The molecule has 0 bridgehead atoms. The Morgan fingerprint density at radius 2 is 1.82 bits per heavy atom. The number of rotatable bonds is 6. The van der Waals surface area contributed by atoms with Crippen molar-refractivity contribution in [1.82, 2.24) is 20.9 Å². The Morgan fingerprint density at radius 3 is 2.39 bits per heavy atom. The normalized spacial score (nSPS) is 15.1. The lowest BCUT2D eigenvalue weighted by Crippen LogP contribution is -2.49. The van der Waals surface area contributed by atoms with Crippen LogP contribution in [0.3, 0.4) is 0 Å². The number of carbonyl (C=O) groups is 2. The minimum absolute atomic E-state index is 0.0614. The number of nitrogens with zero attached hydrogens (tertiary/aromatic N) is 2. The van der Waals surface area contributed by atoms with Crippen molar-refractivity contribution in [3.8, 4) is 0 Å². The number of benzene rings is 1. The molecule has 0 saturated carbocycles. The first-order chi connectivity index (χ1) is 13.6. The second-order valence-electron chi connectivity index (χ2n) is 6.59. The fourth-order valence-corrected chi connectivity index (χ4v) is 3.03. The fraction of sp³-hybridized carbons (Fsp3) is 0.550. The Kier molecular flexibility index (Phi) is 8.58. The molecule has 0 aromatic heterocycles. The van der Waals surface area contributed by atoms with Crippen LogP contribution in [0.5, 0.6) is 0 Å². The Morgan fingerprint density at radius 1 is 1.14 bits per heavy atom. The molecule has 154 valence electrons. The summed E-state index contributed by atoms with van der Waals surface area (Å²) in [4.78, 5) is 29.6. The quantitative estimate of drug-likeness (QED) is 0.509. The predicted molar refractivity (Wildman–Crippen MR) is 109 cm³/mol. The number of ether oxygens (including phenoxy) is 1. The second kappa shape index (κ2) is 11.2. The highest BCUT2D eigenvalue weighted by molar-refractivity contribution is 5.94. The van der Waals surface area contributed by atoms with E-state index in [1.165, 1.54) is 0 Å². The van der Waals surface area contributed by atoms with Gasteiger partial charge in [-0.25, -0.2) is 4.79 Å². The van der Waals surface area contributed by atoms with Crippen LogP contribution in [0.25, 0.3) is 0 Å². The third-order valence-electron chi connectivity index (χ3n) is 4.60. The van der Waals surface area contributed by atoms with Gasteiger partial charge in [-0.2, -0.15) is 0 Å². The molecule has 1 aliphatic heterocycles. The summed E-state index contributed by atoms with van der Waals surface area (Å²) in [7, 11) is 1.74. The van der Waals surface area contributed by atoms with Gasteiger partial charge in [0.2, 0.25) is 0 Å². The summed E-state index contributed by atoms with van der Waals surface area (Å²) in [5.74, 6) is 0.663. The van der Waals surface area contributed by atoms with E-state index in [9.17, 15) is 9.59 Å².